The predicted molar refractivity (Wildman–Crippen MR) is 122 cm³/mol. The van der Waals surface area contributed by atoms with E-state index in [4.69, 9.17) is 17.0 Å². The van der Waals surface area contributed by atoms with Gasteiger partial charge in [-0.15, -0.1) is 0 Å². The highest BCUT2D eigenvalue weighted by molar-refractivity contribution is 7.80. The smallest absolute Gasteiger partial charge is 0.253 e. The molecule has 0 unspecified atom stereocenters. The van der Waals surface area contributed by atoms with Gasteiger partial charge >= 0.3 is 0 Å². The number of rotatable bonds is 7. The van der Waals surface area contributed by atoms with E-state index in [1.54, 1.807) is 7.11 Å². The third-order valence-corrected chi connectivity index (χ3v) is 5.39. The van der Waals surface area contributed by atoms with Crippen molar-refractivity contribution in [2.45, 2.75) is 26.9 Å². The second kappa shape index (κ2) is 9.67. The molecule has 0 atom stereocenters. The second-order valence-electron chi connectivity index (χ2n) is 7.21. The van der Waals surface area contributed by atoms with Gasteiger partial charge in [-0.25, -0.2) is 0 Å². The van der Waals surface area contributed by atoms with Crippen molar-refractivity contribution in [1.29, 1.82) is 0 Å². The highest BCUT2D eigenvalue weighted by Crippen LogP contribution is 2.18. The molecule has 0 aliphatic heterocycles. The Labute approximate surface area is 176 Å². The fraction of sp³-hybridized carbons (Fsp3) is 0.304. The molecule has 0 fully saturated rings. The standard InChI is InChI=1S/C23H27N3O2S/c1-16-11-19-13-20(22(27)25-21(19)12-17(16)2)15-26(23(29)24-9-10-28-3)14-18-7-5-4-6-8-18/h4-8,11-13H,9-10,14-15H2,1-3H3,(H,24,29)(H,25,27). The number of nitrogens with one attached hydrogen (secondary N) is 2. The molecule has 152 valence electrons. The Balaban J connectivity index is 1.89. The van der Waals surface area contributed by atoms with Crippen LogP contribution in [-0.2, 0) is 17.8 Å². The lowest BCUT2D eigenvalue weighted by Crippen LogP contribution is -2.41. The molecule has 0 saturated carbocycles. The Morgan fingerprint density at radius 2 is 1.83 bits per heavy atom. The van der Waals surface area contributed by atoms with Crippen molar-refractivity contribution in [3.05, 3.63) is 81.1 Å². The lowest BCUT2D eigenvalue weighted by molar-refractivity contribution is 0.202. The number of aryl methyl sites for hydroxylation is 2. The number of H-pyrrole nitrogens is 1. The first-order chi connectivity index (χ1) is 14.0. The first kappa shape index (κ1) is 21.0. The number of aromatic nitrogens is 1. The average molecular weight is 410 g/mol. The molecular weight excluding hydrogens is 382 g/mol. The van der Waals surface area contributed by atoms with Crippen molar-refractivity contribution >= 4 is 28.2 Å². The van der Waals surface area contributed by atoms with Crippen LogP contribution in [0.25, 0.3) is 10.9 Å². The van der Waals surface area contributed by atoms with Crippen LogP contribution in [0.2, 0.25) is 0 Å². The monoisotopic (exact) mass is 409 g/mol. The normalized spacial score (nSPS) is 10.9. The minimum Gasteiger partial charge on any atom is -0.383 e. The summed E-state index contributed by atoms with van der Waals surface area (Å²) in [5, 5.41) is 4.85. The van der Waals surface area contributed by atoms with Crippen LogP contribution in [0.3, 0.4) is 0 Å². The Kier molecular flexibility index (Phi) is 7.01. The Hall–Kier alpha value is -2.70. The molecule has 5 nitrogen and oxygen atoms in total. The largest absolute Gasteiger partial charge is 0.383 e. The number of methoxy groups -OCH3 is 1. The topological polar surface area (TPSA) is 57.4 Å². The summed E-state index contributed by atoms with van der Waals surface area (Å²) >= 11 is 5.61. The molecule has 0 saturated heterocycles. The number of hydrogen-bond donors (Lipinski definition) is 2. The maximum absolute atomic E-state index is 12.7. The molecule has 2 N–H and O–H groups in total. The number of nitrogens with zero attached hydrogens (tertiary/aromatic N) is 1. The zero-order valence-electron chi connectivity index (χ0n) is 17.1. The van der Waals surface area contributed by atoms with Gasteiger partial charge in [-0.3, -0.25) is 4.79 Å². The first-order valence-electron chi connectivity index (χ1n) is 9.66. The fourth-order valence-electron chi connectivity index (χ4n) is 3.22. The van der Waals surface area contributed by atoms with Crippen molar-refractivity contribution in [3.63, 3.8) is 0 Å². The maximum atomic E-state index is 12.7. The van der Waals surface area contributed by atoms with Gasteiger partial charge in [-0.2, -0.15) is 0 Å². The van der Waals surface area contributed by atoms with Gasteiger partial charge < -0.3 is 19.9 Å². The van der Waals surface area contributed by atoms with E-state index in [-0.39, 0.29) is 5.56 Å². The van der Waals surface area contributed by atoms with E-state index in [1.165, 1.54) is 5.56 Å². The van der Waals surface area contributed by atoms with Gasteiger partial charge in [0.25, 0.3) is 5.56 Å². The average Bonchev–Trinajstić information content (AvgIpc) is 2.70. The SMILES string of the molecule is COCCNC(=S)N(Cc1ccccc1)Cc1cc2cc(C)c(C)cc2[nH]c1=O. The summed E-state index contributed by atoms with van der Waals surface area (Å²) < 4.78 is 5.10. The molecule has 1 heterocycles. The Bertz CT molecular complexity index is 1050. The van der Waals surface area contributed by atoms with Gasteiger partial charge in [0, 0.05) is 31.3 Å². The van der Waals surface area contributed by atoms with Crippen LogP contribution >= 0.6 is 12.2 Å². The number of benzene rings is 2. The summed E-state index contributed by atoms with van der Waals surface area (Å²) in [6, 6.07) is 16.2. The number of thiocarbonyl (C=S) groups is 1. The highest BCUT2D eigenvalue weighted by Gasteiger charge is 2.14. The predicted octanol–water partition coefficient (Wildman–Crippen LogP) is 3.67. The van der Waals surface area contributed by atoms with Crippen LogP contribution in [-0.4, -0.2) is 35.3 Å². The molecule has 1 aromatic heterocycles. The van der Waals surface area contributed by atoms with Crippen molar-refractivity contribution in [1.82, 2.24) is 15.2 Å². The van der Waals surface area contributed by atoms with Crippen LogP contribution in [0, 0.1) is 13.8 Å². The van der Waals surface area contributed by atoms with Crippen LogP contribution in [0.4, 0.5) is 0 Å². The number of hydrogen-bond acceptors (Lipinski definition) is 3. The summed E-state index contributed by atoms with van der Waals surface area (Å²) in [5.74, 6) is 0. The maximum Gasteiger partial charge on any atom is 0.253 e. The summed E-state index contributed by atoms with van der Waals surface area (Å²) in [5.41, 5.74) is 4.96. The highest BCUT2D eigenvalue weighted by atomic mass is 32.1. The summed E-state index contributed by atoms with van der Waals surface area (Å²) in [7, 11) is 1.66. The summed E-state index contributed by atoms with van der Waals surface area (Å²) in [4.78, 5) is 17.8. The van der Waals surface area contributed by atoms with E-state index >= 15 is 0 Å². The minimum absolute atomic E-state index is 0.0847. The van der Waals surface area contributed by atoms with Crippen molar-refractivity contribution in [2.24, 2.45) is 0 Å². The van der Waals surface area contributed by atoms with Crippen LogP contribution < -0.4 is 10.9 Å². The van der Waals surface area contributed by atoms with Gasteiger partial charge in [-0.1, -0.05) is 30.3 Å². The molecule has 3 aromatic rings. The molecule has 0 radical (unpaired) electrons. The van der Waals surface area contributed by atoms with Gasteiger partial charge in [0.2, 0.25) is 0 Å². The van der Waals surface area contributed by atoms with E-state index in [0.29, 0.717) is 36.9 Å². The number of pyridine rings is 1. The fourth-order valence-corrected chi connectivity index (χ4v) is 3.45. The minimum atomic E-state index is -0.0847. The van der Waals surface area contributed by atoms with E-state index in [2.05, 4.69) is 35.4 Å². The zero-order chi connectivity index (χ0) is 20.8. The third kappa shape index (κ3) is 5.43. The number of ether oxygens (including phenoxy) is 1. The molecule has 6 heteroatoms. The summed E-state index contributed by atoms with van der Waals surface area (Å²) in [6.07, 6.45) is 0. The molecule has 0 aliphatic rings. The van der Waals surface area contributed by atoms with Gasteiger partial charge in [-0.05, 0) is 66.3 Å². The quantitative estimate of drug-likeness (QED) is 0.461. The van der Waals surface area contributed by atoms with E-state index < -0.39 is 0 Å². The number of fused-ring (bicyclic) bond motifs is 1. The molecule has 0 spiro atoms. The van der Waals surface area contributed by atoms with E-state index in [0.717, 1.165) is 22.0 Å². The van der Waals surface area contributed by atoms with Crippen molar-refractivity contribution in [2.75, 3.05) is 20.3 Å². The summed E-state index contributed by atoms with van der Waals surface area (Å²) in [6.45, 7) is 6.35. The number of aromatic amines is 1. The lowest BCUT2D eigenvalue weighted by atomic mass is 10.0. The molecule has 2 aromatic carbocycles. The first-order valence-corrected chi connectivity index (χ1v) is 10.1. The Morgan fingerprint density at radius 3 is 2.55 bits per heavy atom. The van der Waals surface area contributed by atoms with Crippen LogP contribution in [0.15, 0.2) is 53.3 Å². The van der Waals surface area contributed by atoms with Crippen LogP contribution in [0.1, 0.15) is 22.3 Å². The lowest BCUT2D eigenvalue weighted by Gasteiger charge is -2.26. The molecule has 0 bridgehead atoms. The van der Waals surface area contributed by atoms with Crippen molar-refractivity contribution in [3.8, 4) is 0 Å². The molecule has 0 amide bonds. The van der Waals surface area contributed by atoms with Gasteiger partial charge in [0.1, 0.15) is 0 Å². The van der Waals surface area contributed by atoms with Gasteiger partial charge in [0.15, 0.2) is 5.11 Å². The Morgan fingerprint density at radius 1 is 1.10 bits per heavy atom. The van der Waals surface area contributed by atoms with E-state index in [1.807, 2.05) is 42.2 Å². The second-order valence-corrected chi connectivity index (χ2v) is 7.60. The van der Waals surface area contributed by atoms with Crippen molar-refractivity contribution < 1.29 is 4.74 Å². The third-order valence-electron chi connectivity index (χ3n) is 4.98. The van der Waals surface area contributed by atoms with E-state index in [9.17, 15) is 4.79 Å². The molecule has 29 heavy (non-hydrogen) atoms. The molecular formula is C23H27N3O2S. The zero-order valence-corrected chi connectivity index (χ0v) is 17.9. The van der Waals surface area contributed by atoms with Gasteiger partial charge in [0.05, 0.1) is 13.2 Å². The van der Waals surface area contributed by atoms with Crippen LogP contribution in [0.5, 0.6) is 0 Å². The molecule has 0 aliphatic carbocycles. The molecule has 3 rings (SSSR count).